The van der Waals surface area contributed by atoms with Crippen LogP contribution in [0.25, 0.3) is 0 Å². The largest absolute Gasteiger partial charge is 0.390 e. The molecule has 5 nitrogen and oxygen atoms in total. The number of aliphatic hydroxyl groups excluding tert-OH is 1. The van der Waals surface area contributed by atoms with Crippen LogP contribution in [0.5, 0.6) is 0 Å². The van der Waals surface area contributed by atoms with Gasteiger partial charge >= 0.3 is 0 Å². The molecule has 23 heavy (non-hydrogen) atoms. The normalized spacial score (nSPS) is 11.0. The Labute approximate surface area is 148 Å². The minimum atomic E-state index is -0.138. The Bertz CT molecular complexity index is 656. The van der Waals surface area contributed by atoms with Gasteiger partial charge in [0.05, 0.1) is 18.5 Å². The highest BCUT2D eigenvalue weighted by Gasteiger charge is 2.14. The number of nitrogens with one attached hydrogen (secondary N) is 1. The number of imidazole rings is 1. The highest BCUT2D eigenvalue weighted by atomic mass is 79.9. The average molecular weight is 398 g/mol. The molecule has 1 amide bonds. The Morgan fingerprint density at radius 3 is 2.70 bits per heavy atom. The van der Waals surface area contributed by atoms with Crippen LogP contribution < -0.4 is 5.32 Å². The van der Waals surface area contributed by atoms with Gasteiger partial charge in [0.25, 0.3) is 0 Å². The lowest BCUT2D eigenvalue weighted by molar-refractivity contribution is -0.122. The molecule has 1 aromatic carbocycles. The van der Waals surface area contributed by atoms with Crippen LogP contribution >= 0.6 is 27.7 Å². The summed E-state index contributed by atoms with van der Waals surface area (Å²) < 4.78 is 2.81. The predicted octanol–water partition coefficient (Wildman–Crippen LogP) is 2.95. The number of halogens is 1. The zero-order valence-corrected chi connectivity index (χ0v) is 15.5. The SMILES string of the molecule is CC(C)NC(=O)Cn1c(CO)cnc1SCc1ccc(Br)cc1. The average Bonchev–Trinajstić information content (AvgIpc) is 2.87. The molecule has 0 fully saturated rings. The molecule has 0 unspecified atom stereocenters. The van der Waals surface area contributed by atoms with E-state index in [9.17, 15) is 9.90 Å². The molecule has 7 heteroatoms. The van der Waals surface area contributed by atoms with Crippen molar-refractivity contribution in [3.63, 3.8) is 0 Å². The van der Waals surface area contributed by atoms with E-state index < -0.39 is 0 Å². The standard InChI is InChI=1S/C16H20BrN3O2S/c1-11(2)19-15(22)8-20-14(9-21)7-18-16(20)23-10-12-3-5-13(17)6-4-12/h3-7,11,21H,8-10H2,1-2H3,(H,19,22). The first kappa shape index (κ1) is 18.0. The zero-order chi connectivity index (χ0) is 16.8. The smallest absolute Gasteiger partial charge is 0.240 e. The van der Waals surface area contributed by atoms with E-state index in [1.165, 1.54) is 5.56 Å². The Hall–Kier alpha value is -1.31. The highest BCUT2D eigenvalue weighted by Crippen LogP contribution is 2.24. The number of rotatable bonds is 7. The van der Waals surface area contributed by atoms with Gasteiger partial charge in [-0.15, -0.1) is 0 Å². The highest BCUT2D eigenvalue weighted by molar-refractivity contribution is 9.10. The molecular weight excluding hydrogens is 378 g/mol. The monoisotopic (exact) mass is 397 g/mol. The Kier molecular flexibility index (Phi) is 6.68. The van der Waals surface area contributed by atoms with E-state index in [0.717, 1.165) is 15.4 Å². The van der Waals surface area contributed by atoms with E-state index in [0.29, 0.717) is 5.69 Å². The van der Waals surface area contributed by atoms with Crippen molar-refractivity contribution in [3.05, 3.63) is 46.2 Å². The van der Waals surface area contributed by atoms with E-state index >= 15 is 0 Å². The van der Waals surface area contributed by atoms with E-state index in [1.54, 1.807) is 22.5 Å². The maximum absolute atomic E-state index is 12.0. The molecule has 0 atom stereocenters. The third-order valence-electron chi connectivity index (χ3n) is 3.10. The Morgan fingerprint density at radius 1 is 1.39 bits per heavy atom. The summed E-state index contributed by atoms with van der Waals surface area (Å²) in [5, 5.41) is 13.0. The summed E-state index contributed by atoms with van der Waals surface area (Å²) in [7, 11) is 0. The van der Waals surface area contributed by atoms with Crippen molar-refractivity contribution in [1.82, 2.24) is 14.9 Å². The summed E-state index contributed by atoms with van der Waals surface area (Å²) in [5.74, 6) is 0.666. The van der Waals surface area contributed by atoms with E-state index in [-0.39, 0.29) is 25.1 Å². The number of aromatic nitrogens is 2. The number of carbonyl (C=O) groups excluding carboxylic acids is 1. The quantitative estimate of drug-likeness (QED) is 0.704. The molecule has 0 aliphatic carbocycles. The molecule has 124 valence electrons. The third kappa shape index (κ3) is 5.37. The molecular formula is C16H20BrN3O2S. The number of carbonyl (C=O) groups is 1. The fourth-order valence-electron chi connectivity index (χ4n) is 2.04. The summed E-state index contributed by atoms with van der Waals surface area (Å²) in [6.45, 7) is 3.86. The number of hydrogen-bond acceptors (Lipinski definition) is 4. The molecule has 1 heterocycles. The van der Waals surface area contributed by atoms with Crippen LogP contribution in [0.1, 0.15) is 25.1 Å². The fraction of sp³-hybridized carbons (Fsp3) is 0.375. The first-order valence-electron chi connectivity index (χ1n) is 7.31. The van der Waals surface area contributed by atoms with Gasteiger partial charge in [0.15, 0.2) is 5.16 Å². The lowest BCUT2D eigenvalue weighted by Gasteiger charge is -2.12. The second kappa shape index (κ2) is 8.52. The van der Waals surface area contributed by atoms with E-state index in [1.807, 2.05) is 38.1 Å². The van der Waals surface area contributed by atoms with Crippen LogP contribution in [0.4, 0.5) is 0 Å². The summed E-state index contributed by atoms with van der Waals surface area (Å²) in [6.07, 6.45) is 1.62. The van der Waals surface area contributed by atoms with Gasteiger partial charge in [0.1, 0.15) is 6.54 Å². The minimum absolute atomic E-state index is 0.0850. The molecule has 0 spiro atoms. The van der Waals surface area contributed by atoms with E-state index in [2.05, 4.69) is 26.2 Å². The molecule has 2 rings (SSSR count). The molecule has 0 aliphatic heterocycles. The van der Waals surface area contributed by atoms with Crippen molar-refractivity contribution in [2.45, 2.75) is 44.0 Å². The lowest BCUT2D eigenvalue weighted by Crippen LogP contribution is -2.33. The minimum Gasteiger partial charge on any atom is -0.390 e. The Morgan fingerprint density at radius 2 is 2.09 bits per heavy atom. The summed E-state index contributed by atoms with van der Waals surface area (Å²) >= 11 is 4.97. The summed E-state index contributed by atoms with van der Waals surface area (Å²) in [4.78, 5) is 16.3. The van der Waals surface area contributed by atoms with Gasteiger partial charge in [-0.25, -0.2) is 4.98 Å². The van der Waals surface area contributed by atoms with Crippen LogP contribution in [0.2, 0.25) is 0 Å². The van der Waals surface area contributed by atoms with Crippen molar-refractivity contribution in [1.29, 1.82) is 0 Å². The molecule has 0 bridgehead atoms. The molecule has 0 aliphatic rings. The molecule has 0 radical (unpaired) electrons. The van der Waals surface area contributed by atoms with Crippen LogP contribution in [-0.2, 0) is 23.7 Å². The van der Waals surface area contributed by atoms with Gasteiger partial charge in [-0.05, 0) is 31.5 Å². The maximum atomic E-state index is 12.0. The number of hydrogen-bond donors (Lipinski definition) is 2. The second-order valence-corrected chi connectivity index (χ2v) is 7.27. The van der Waals surface area contributed by atoms with Crippen molar-refractivity contribution < 1.29 is 9.90 Å². The van der Waals surface area contributed by atoms with Crippen molar-refractivity contribution >= 4 is 33.6 Å². The van der Waals surface area contributed by atoms with Crippen LogP contribution in [-0.4, -0.2) is 26.6 Å². The van der Waals surface area contributed by atoms with Crippen molar-refractivity contribution in [3.8, 4) is 0 Å². The van der Waals surface area contributed by atoms with Crippen molar-refractivity contribution in [2.24, 2.45) is 0 Å². The molecule has 0 saturated heterocycles. The van der Waals surface area contributed by atoms with E-state index in [4.69, 9.17) is 0 Å². The second-order valence-electron chi connectivity index (χ2n) is 5.41. The first-order valence-corrected chi connectivity index (χ1v) is 9.09. The first-order chi connectivity index (χ1) is 11.0. The molecule has 1 aromatic heterocycles. The van der Waals surface area contributed by atoms with Crippen LogP contribution in [0.15, 0.2) is 40.1 Å². The van der Waals surface area contributed by atoms with Gasteiger partial charge in [0.2, 0.25) is 5.91 Å². The summed E-state index contributed by atoms with van der Waals surface area (Å²) in [6, 6.07) is 8.17. The Balaban J connectivity index is 2.07. The molecule has 2 N–H and O–H groups in total. The number of benzene rings is 1. The molecule has 0 saturated carbocycles. The van der Waals surface area contributed by atoms with Gasteiger partial charge in [0, 0.05) is 16.3 Å². The zero-order valence-electron chi connectivity index (χ0n) is 13.1. The van der Waals surface area contributed by atoms with Crippen LogP contribution in [0.3, 0.4) is 0 Å². The van der Waals surface area contributed by atoms with Gasteiger partial charge in [-0.1, -0.05) is 39.8 Å². The topological polar surface area (TPSA) is 67.2 Å². The van der Waals surface area contributed by atoms with Crippen molar-refractivity contribution in [2.75, 3.05) is 0 Å². The summed E-state index contributed by atoms with van der Waals surface area (Å²) in [5.41, 5.74) is 1.81. The fourth-order valence-corrected chi connectivity index (χ4v) is 3.26. The maximum Gasteiger partial charge on any atom is 0.240 e. The lowest BCUT2D eigenvalue weighted by atomic mass is 10.2. The van der Waals surface area contributed by atoms with Gasteiger partial charge < -0.3 is 15.0 Å². The number of aliphatic hydroxyl groups is 1. The number of amides is 1. The third-order valence-corrected chi connectivity index (χ3v) is 4.69. The van der Waals surface area contributed by atoms with Crippen LogP contribution in [0, 0.1) is 0 Å². The van der Waals surface area contributed by atoms with Gasteiger partial charge in [-0.3, -0.25) is 4.79 Å². The molecule has 2 aromatic rings. The van der Waals surface area contributed by atoms with Gasteiger partial charge in [-0.2, -0.15) is 0 Å². The number of nitrogens with zero attached hydrogens (tertiary/aromatic N) is 2. The predicted molar refractivity (Wildman–Crippen MR) is 95.1 cm³/mol. The number of thioether (sulfide) groups is 1.